The van der Waals surface area contributed by atoms with E-state index in [1.165, 1.54) is 0 Å². The molecule has 1 aromatic rings. The van der Waals surface area contributed by atoms with Gasteiger partial charge in [0.1, 0.15) is 0 Å². The molecule has 1 aromatic carbocycles. The average Bonchev–Trinajstić information content (AvgIpc) is 3.28. The monoisotopic (exact) mass is 290 g/mol. The first-order valence-electron chi connectivity index (χ1n) is 7.20. The van der Waals surface area contributed by atoms with E-state index in [0.29, 0.717) is 11.7 Å². The molecule has 4 N–H and O–H groups in total. The minimum absolute atomic E-state index is 0.00502. The lowest BCUT2D eigenvalue weighted by atomic mass is 10.1. The zero-order valence-electron chi connectivity index (χ0n) is 12.4. The molecular formula is C15H22N4O2. The fraction of sp³-hybridized carbons (Fsp3) is 0.467. The number of amides is 3. The first-order valence-corrected chi connectivity index (χ1v) is 7.20. The van der Waals surface area contributed by atoms with Crippen LogP contribution in [-0.4, -0.2) is 31.6 Å². The molecule has 1 atom stereocenters. The zero-order valence-corrected chi connectivity index (χ0v) is 12.4. The van der Waals surface area contributed by atoms with Gasteiger partial charge in [-0.05, 0) is 44.5 Å². The van der Waals surface area contributed by atoms with Gasteiger partial charge < -0.3 is 21.3 Å². The van der Waals surface area contributed by atoms with Gasteiger partial charge in [-0.25, -0.2) is 4.79 Å². The van der Waals surface area contributed by atoms with Gasteiger partial charge in [0.15, 0.2) is 0 Å². The van der Waals surface area contributed by atoms with Crippen LogP contribution >= 0.6 is 0 Å². The lowest BCUT2D eigenvalue weighted by Gasteiger charge is -2.13. The molecule has 1 saturated carbocycles. The maximum absolute atomic E-state index is 11.8. The van der Waals surface area contributed by atoms with Crippen LogP contribution in [0, 0.1) is 0 Å². The number of nitrogens with one attached hydrogen (secondary N) is 4. The van der Waals surface area contributed by atoms with Crippen molar-refractivity contribution in [3.8, 4) is 0 Å². The van der Waals surface area contributed by atoms with Crippen molar-refractivity contribution in [2.75, 3.05) is 18.9 Å². The van der Waals surface area contributed by atoms with Gasteiger partial charge in [-0.1, -0.05) is 12.1 Å². The second kappa shape index (κ2) is 7.08. The Balaban J connectivity index is 1.80. The second-order valence-corrected chi connectivity index (χ2v) is 5.29. The summed E-state index contributed by atoms with van der Waals surface area (Å²) in [5.41, 5.74) is 1.79. The Morgan fingerprint density at radius 3 is 2.76 bits per heavy atom. The van der Waals surface area contributed by atoms with Crippen molar-refractivity contribution < 1.29 is 9.59 Å². The van der Waals surface area contributed by atoms with Gasteiger partial charge in [0, 0.05) is 17.8 Å². The third kappa shape index (κ3) is 5.07. The Kier molecular flexibility index (Phi) is 5.16. The Labute approximate surface area is 124 Å². The minimum atomic E-state index is -0.379. The highest BCUT2D eigenvalue weighted by Crippen LogP contribution is 2.18. The number of benzene rings is 1. The summed E-state index contributed by atoms with van der Waals surface area (Å²) in [6.45, 7) is 2.04. The molecule has 3 amide bonds. The normalized spacial score (nSPS) is 15.1. The van der Waals surface area contributed by atoms with Gasteiger partial charge in [0.05, 0.1) is 6.54 Å². The number of rotatable bonds is 6. The van der Waals surface area contributed by atoms with Crippen molar-refractivity contribution in [3.05, 3.63) is 29.8 Å². The van der Waals surface area contributed by atoms with Crippen LogP contribution in [-0.2, 0) is 4.79 Å². The van der Waals surface area contributed by atoms with Crippen molar-refractivity contribution in [2.45, 2.75) is 31.8 Å². The fourth-order valence-electron chi connectivity index (χ4n) is 1.89. The molecule has 21 heavy (non-hydrogen) atoms. The van der Waals surface area contributed by atoms with Gasteiger partial charge in [0.2, 0.25) is 5.91 Å². The Morgan fingerprint density at radius 1 is 1.33 bits per heavy atom. The predicted octanol–water partition coefficient (Wildman–Crippen LogP) is 1.37. The van der Waals surface area contributed by atoms with Crippen molar-refractivity contribution in [3.63, 3.8) is 0 Å². The summed E-state index contributed by atoms with van der Waals surface area (Å²) in [5.74, 6) is -0.148. The topological polar surface area (TPSA) is 82.3 Å². The summed E-state index contributed by atoms with van der Waals surface area (Å²) in [7, 11) is 1.88. The summed E-state index contributed by atoms with van der Waals surface area (Å²) in [5, 5.41) is 11.2. The summed E-state index contributed by atoms with van der Waals surface area (Å²) in [6, 6.07) is 7.74. The van der Waals surface area contributed by atoms with Crippen molar-refractivity contribution in [1.82, 2.24) is 16.0 Å². The molecule has 6 nitrogen and oxygen atoms in total. The number of hydrogen-bond donors (Lipinski definition) is 4. The van der Waals surface area contributed by atoms with Crippen LogP contribution in [0.1, 0.15) is 31.4 Å². The fourth-order valence-corrected chi connectivity index (χ4v) is 1.89. The van der Waals surface area contributed by atoms with E-state index < -0.39 is 0 Å². The highest BCUT2D eigenvalue weighted by Gasteiger charge is 2.23. The molecule has 114 valence electrons. The van der Waals surface area contributed by atoms with Crippen LogP contribution < -0.4 is 21.3 Å². The Hall–Kier alpha value is -2.08. The van der Waals surface area contributed by atoms with Crippen LogP contribution in [0.3, 0.4) is 0 Å². The van der Waals surface area contributed by atoms with E-state index in [9.17, 15) is 9.59 Å². The van der Waals surface area contributed by atoms with Crippen LogP contribution in [0.15, 0.2) is 24.3 Å². The third-order valence-corrected chi connectivity index (χ3v) is 3.43. The standard InChI is InChI=1S/C15H22N4O2/c1-10(16-2)11-4-3-5-13(8-11)19-15(21)17-9-14(20)18-12-6-7-12/h3-5,8,10,12,16H,6-7,9H2,1-2H3,(H,18,20)(H2,17,19,21). The van der Waals surface area contributed by atoms with Crippen molar-refractivity contribution >= 4 is 17.6 Å². The summed E-state index contributed by atoms with van der Waals surface area (Å²) in [4.78, 5) is 23.2. The molecule has 0 aromatic heterocycles. The van der Waals surface area contributed by atoms with E-state index in [4.69, 9.17) is 0 Å². The summed E-state index contributed by atoms with van der Waals surface area (Å²) in [6.07, 6.45) is 2.07. The Bertz CT molecular complexity index is 514. The lowest BCUT2D eigenvalue weighted by molar-refractivity contribution is -0.120. The molecule has 1 unspecified atom stereocenters. The average molecular weight is 290 g/mol. The highest BCUT2D eigenvalue weighted by molar-refractivity contribution is 5.92. The predicted molar refractivity (Wildman–Crippen MR) is 82.1 cm³/mol. The molecular weight excluding hydrogens is 268 g/mol. The molecule has 1 aliphatic carbocycles. The minimum Gasteiger partial charge on any atom is -0.352 e. The number of carbonyl (C=O) groups is 2. The third-order valence-electron chi connectivity index (χ3n) is 3.43. The van der Waals surface area contributed by atoms with Gasteiger partial charge in [-0.15, -0.1) is 0 Å². The van der Waals surface area contributed by atoms with Gasteiger partial charge in [-0.3, -0.25) is 4.79 Å². The van der Waals surface area contributed by atoms with Crippen molar-refractivity contribution in [2.24, 2.45) is 0 Å². The maximum atomic E-state index is 11.8. The van der Waals surface area contributed by atoms with E-state index in [-0.39, 0.29) is 24.5 Å². The van der Waals surface area contributed by atoms with E-state index in [1.54, 1.807) is 0 Å². The second-order valence-electron chi connectivity index (χ2n) is 5.29. The Morgan fingerprint density at radius 2 is 2.10 bits per heavy atom. The maximum Gasteiger partial charge on any atom is 0.319 e. The molecule has 1 fully saturated rings. The van der Waals surface area contributed by atoms with Gasteiger partial charge in [-0.2, -0.15) is 0 Å². The molecule has 0 saturated heterocycles. The molecule has 0 radical (unpaired) electrons. The number of carbonyl (C=O) groups excluding carboxylic acids is 2. The first kappa shape index (κ1) is 15.3. The van der Waals surface area contributed by atoms with Gasteiger partial charge >= 0.3 is 6.03 Å². The summed E-state index contributed by atoms with van der Waals surface area (Å²) < 4.78 is 0. The number of anilines is 1. The summed E-state index contributed by atoms with van der Waals surface area (Å²) >= 11 is 0. The van der Waals surface area contributed by atoms with Crippen LogP contribution in [0.5, 0.6) is 0 Å². The molecule has 0 aliphatic heterocycles. The number of hydrogen-bond acceptors (Lipinski definition) is 3. The lowest BCUT2D eigenvalue weighted by Crippen LogP contribution is -2.39. The SMILES string of the molecule is CNC(C)c1cccc(NC(=O)NCC(=O)NC2CC2)c1. The van der Waals surface area contributed by atoms with Crippen LogP contribution in [0.2, 0.25) is 0 Å². The first-order chi connectivity index (χ1) is 10.1. The molecule has 0 bridgehead atoms. The zero-order chi connectivity index (χ0) is 15.2. The van der Waals surface area contributed by atoms with E-state index in [2.05, 4.69) is 21.3 Å². The molecule has 2 rings (SSSR count). The quantitative estimate of drug-likeness (QED) is 0.638. The van der Waals surface area contributed by atoms with E-state index >= 15 is 0 Å². The van der Waals surface area contributed by atoms with Crippen LogP contribution in [0.4, 0.5) is 10.5 Å². The number of urea groups is 1. The van der Waals surface area contributed by atoms with Crippen LogP contribution in [0.25, 0.3) is 0 Å². The largest absolute Gasteiger partial charge is 0.352 e. The smallest absolute Gasteiger partial charge is 0.319 e. The molecule has 6 heteroatoms. The molecule has 0 heterocycles. The highest BCUT2D eigenvalue weighted by atomic mass is 16.2. The van der Waals surface area contributed by atoms with Gasteiger partial charge in [0.25, 0.3) is 0 Å². The van der Waals surface area contributed by atoms with E-state index in [0.717, 1.165) is 18.4 Å². The molecule has 0 spiro atoms. The molecule has 1 aliphatic rings. The van der Waals surface area contributed by atoms with Crippen molar-refractivity contribution in [1.29, 1.82) is 0 Å². The van der Waals surface area contributed by atoms with E-state index in [1.807, 2.05) is 38.2 Å².